The number of hydrogen-bond acceptors (Lipinski definition) is 1. The van der Waals surface area contributed by atoms with E-state index in [-0.39, 0.29) is 5.96 Å². The van der Waals surface area contributed by atoms with Crippen molar-refractivity contribution in [2.24, 2.45) is 22.4 Å². The molecule has 0 radical (unpaired) electrons. The van der Waals surface area contributed by atoms with Gasteiger partial charge in [0.25, 0.3) is 0 Å². The lowest BCUT2D eigenvalue weighted by Crippen LogP contribution is -2.23. The van der Waals surface area contributed by atoms with Gasteiger partial charge in [0.2, 0.25) is 0 Å². The second kappa shape index (κ2) is 16.6. The van der Waals surface area contributed by atoms with Crippen molar-refractivity contribution in [3.63, 3.8) is 0 Å². The minimum Gasteiger partial charge on any atom is -0.370 e. The summed E-state index contributed by atoms with van der Waals surface area (Å²) >= 11 is 0. The SMILES string of the molecule is CCCCCCCC(CCCCCCC)CCCN=C(N)N. The van der Waals surface area contributed by atoms with E-state index in [1.807, 2.05) is 0 Å². The van der Waals surface area contributed by atoms with Gasteiger partial charge in [0.1, 0.15) is 0 Å². The van der Waals surface area contributed by atoms with Crippen LogP contribution in [0.2, 0.25) is 0 Å². The average Bonchev–Trinajstić information content (AvgIpc) is 2.50. The molecule has 0 rings (SSSR count). The van der Waals surface area contributed by atoms with Crippen molar-refractivity contribution in [3.8, 4) is 0 Å². The fraction of sp³-hybridized carbons (Fsp3) is 0.947. The van der Waals surface area contributed by atoms with Crippen LogP contribution in [0.1, 0.15) is 104 Å². The molecule has 0 aliphatic carbocycles. The Labute approximate surface area is 139 Å². The molecule has 0 aromatic carbocycles. The van der Waals surface area contributed by atoms with E-state index in [4.69, 9.17) is 11.5 Å². The molecule has 0 unspecified atom stereocenters. The Morgan fingerprint density at radius 1 is 0.682 bits per heavy atom. The molecule has 0 spiro atoms. The number of aliphatic imine (C=N–C) groups is 1. The molecule has 3 heteroatoms. The standard InChI is InChI=1S/C19H41N3/c1-3-5-7-9-11-14-18(15-12-10-8-6-4-2)16-13-17-22-19(20)21/h18H,3-17H2,1-2H3,(H4,20,21,22). The first-order valence-corrected chi connectivity index (χ1v) is 9.76. The van der Waals surface area contributed by atoms with Gasteiger partial charge in [-0.3, -0.25) is 4.99 Å². The van der Waals surface area contributed by atoms with Crippen LogP contribution in [0.25, 0.3) is 0 Å². The maximum absolute atomic E-state index is 5.39. The topological polar surface area (TPSA) is 64.4 Å². The summed E-state index contributed by atoms with van der Waals surface area (Å²) in [5.74, 6) is 1.12. The summed E-state index contributed by atoms with van der Waals surface area (Å²) in [5.41, 5.74) is 10.8. The van der Waals surface area contributed by atoms with Crippen LogP contribution in [0.3, 0.4) is 0 Å². The third-order valence-electron chi connectivity index (χ3n) is 4.50. The van der Waals surface area contributed by atoms with Crippen LogP contribution in [-0.2, 0) is 0 Å². The molecule has 0 aromatic heterocycles. The molecule has 0 aromatic rings. The van der Waals surface area contributed by atoms with E-state index in [0.29, 0.717) is 0 Å². The van der Waals surface area contributed by atoms with Gasteiger partial charge in [-0.1, -0.05) is 90.9 Å². The Morgan fingerprint density at radius 2 is 1.14 bits per heavy atom. The number of unbranched alkanes of at least 4 members (excludes halogenated alkanes) is 8. The third kappa shape index (κ3) is 15.7. The zero-order valence-electron chi connectivity index (χ0n) is 15.3. The maximum atomic E-state index is 5.39. The summed E-state index contributed by atoms with van der Waals surface area (Å²) in [6, 6.07) is 0. The predicted octanol–water partition coefficient (Wildman–Crippen LogP) is 5.38. The predicted molar refractivity (Wildman–Crippen MR) is 100 cm³/mol. The number of rotatable bonds is 16. The van der Waals surface area contributed by atoms with E-state index in [0.717, 1.165) is 18.9 Å². The van der Waals surface area contributed by atoms with Crippen LogP contribution in [0, 0.1) is 5.92 Å². The minimum atomic E-state index is 0.232. The van der Waals surface area contributed by atoms with E-state index < -0.39 is 0 Å². The van der Waals surface area contributed by atoms with Crippen LogP contribution in [0.5, 0.6) is 0 Å². The highest BCUT2D eigenvalue weighted by molar-refractivity contribution is 5.75. The Kier molecular flexibility index (Phi) is 16.1. The van der Waals surface area contributed by atoms with E-state index in [2.05, 4.69) is 18.8 Å². The number of hydrogen-bond donors (Lipinski definition) is 2. The zero-order valence-corrected chi connectivity index (χ0v) is 15.3. The summed E-state index contributed by atoms with van der Waals surface area (Å²) in [6.45, 7) is 5.36. The smallest absolute Gasteiger partial charge is 0.185 e. The van der Waals surface area contributed by atoms with Crippen LogP contribution >= 0.6 is 0 Å². The molecule has 4 N–H and O–H groups in total. The zero-order chi connectivity index (χ0) is 16.5. The fourth-order valence-electron chi connectivity index (χ4n) is 3.09. The average molecular weight is 312 g/mol. The lowest BCUT2D eigenvalue weighted by Gasteiger charge is -2.16. The molecular weight excluding hydrogens is 270 g/mol. The van der Waals surface area contributed by atoms with Crippen LogP contribution < -0.4 is 11.5 Å². The normalized spacial score (nSPS) is 11.0. The highest BCUT2D eigenvalue weighted by Gasteiger charge is 2.08. The largest absolute Gasteiger partial charge is 0.370 e. The number of nitrogens with two attached hydrogens (primary N) is 2. The molecule has 0 amide bonds. The van der Waals surface area contributed by atoms with Crippen molar-refractivity contribution in [2.75, 3.05) is 6.54 Å². The maximum Gasteiger partial charge on any atom is 0.185 e. The van der Waals surface area contributed by atoms with Crippen LogP contribution in [0.4, 0.5) is 0 Å². The van der Waals surface area contributed by atoms with Crippen molar-refractivity contribution >= 4 is 5.96 Å². The van der Waals surface area contributed by atoms with Gasteiger partial charge in [0.15, 0.2) is 5.96 Å². The Hall–Kier alpha value is -0.730. The van der Waals surface area contributed by atoms with Gasteiger partial charge in [0.05, 0.1) is 0 Å². The molecule has 0 atom stereocenters. The summed E-state index contributed by atoms with van der Waals surface area (Å²) in [5, 5.41) is 0. The van der Waals surface area contributed by atoms with Gasteiger partial charge in [0, 0.05) is 6.54 Å². The molecule has 0 saturated carbocycles. The Bertz CT molecular complexity index is 233. The molecule has 132 valence electrons. The van der Waals surface area contributed by atoms with Crippen molar-refractivity contribution in [1.29, 1.82) is 0 Å². The summed E-state index contributed by atoms with van der Waals surface area (Å²) in [7, 11) is 0. The molecule has 22 heavy (non-hydrogen) atoms. The first kappa shape index (κ1) is 21.3. The van der Waals surface area contributed by atoms with E-state index >= 15 is 0 Å². The van der Waals surface area contributed by atoms with E-state index in [9.17, 15) is 0 Å². The van der Waals surface area contributed by atoms with Crippen molar-refractivity contribution < 1.29 is 0 Å². The lowest BCUT2D eigenvalue weighted by atomic mass is 9.90. The number of nitrogens with zero attached hydrogens (tertiary/aromatic N) is 1. The molecular formula is C19H41N3. The summed E-state index contributed by atoms with van der Waals surface area (Å²) in [6.07, 6.45) is 19.1. The van der Waals surface area contributed by atoms with Gasteiger partial charge < -0.3 is 11.5 Å². The highest BCUT2D eigenvalue weighted by Crippen LogP contribution is 2.23. The van der Waals surface area contributed by atoms with Crippen LogP contribution in [-0.4, -0.2) is 12.5 Å². The minimum absolute atomic E-state index is 0.232. The Balaban J connectivity index is 3.83. The molecule has 0 aliphatic rings. The van der Waals surface area contributed by atoms with Crippen molar-refractivity contribution in [1.82, 2.24) is 0 Å². The van der Waals surface area contributed by atoms with Gasteiger partial charge in [-0.25, -0.2) is 0 Å². The second-order valence-electron chi connectivity index (χ2n) is 6.72. The monoisotopic (exact) mass is 311 g/mol. The summed E-state index contributed by atoms with van der Waals surface area (Å²) < 4.78 is 0. The van der Waals surface area contributed by atoms with Gasteiger partial charge in [-0.2, -0.15) is 0 Å². The molecule has 3 nitrogen and oxygen atoms in total. The van der Waals surface area contributed by atoms with Gasteiger partial charge in [-0.15, -0.1) is 0 Å². The summed E-state index contributed by atoms with van der Waals surface area (Å²) in [4.78, 5) is 4.11. The fourth-order valence-corrected chi connectivity index (χ4v) is 3.09. The van der Waals surface area contributed by atoms with Crippen molar-refractivity contribution in [3.05, 3.63) is 0 Å². The molecule has 0 heterocycles. The molecule has 0 saturated heterocycles. The lowest BCUT2D eigenvalue weighted by molar-refractivity contribution is 0.375. The first-order valence-electron chi connectivity index (χ1n) is 9.76. The molecule has 0 aliphatic heterocycles. The van der Waals surface area contributed by atoms with E-state index in [1.54, 1.807) is 0 Å². The van der Waals surface area contributed by atoms with Crippen molar-refractivity contribution in [2.45, 2.75) is 104 Å². The molecule has 0 bridgehead atoms. The van der Waals surface area contributed by atoms with E-state index in [1.165, 1.54) is 83.5 Å². The van der Waals surface area contributed by atoms with Gasteiger partial charge in [-0.05, 0) is 18.8 Å². The molecule has 0 fully saturated rings. The first-order chi connectivity index (χ1) is 10.7. The second-order valence-corrected chi connectivity index (χ2v) is 6.72. The highest BCUT2D eigenvalue weighted by atomic mass is 15.0. The Morgan fingerprint density at radius 3 is 1.59 bits per heavy atom. The quantitative estimate of drug-likeness (QED) is 0.228. The van der Waals surface area contributed by atoms with Crippen LogP contribution in [0.15, 0.2) is 4.99 Å². The number of guanidine groups is 1. The van der Waals surface area contributed by atoms with Gasteiger partial charge >= 0.3 is 0 Å². The third-order valence-corrected chi connectivity index (χ3v) is 4.50.